The first kappa shape index (κ1) is 12.3. The maximum atomic E-state index is 9.69. The fourth-order valence-corrected chi connectivity index (χ4v) is 1.68. The summed E-state index contributed by atoms with van der Waals surface area (Å²) in [7, 11) is 0. The molecule has 0 unspecified atom stereocenters. The van der Waals surface area contributed by atoms with E-state index in [1.807, 2.05) is 0 Å². The molecule has 1 aromatic carbocycles. The van der Waals surface area contributed by atoms with Gasteiger partial charge in [-0.1, -0.05) is 30.2 Å². The summed E-state index contributed by atoms with van der Waals surface area (Å²) < 4.78 is 0. The summed E-state index contributed by atoms with van der Waals surface area (Å²) in [4.78, 5) is 0. The number of nitrogens with two attached hydrogens (primary N) is 2. The third-order valence-corrected chi connectivity index (χ3v) is 2.69. The molecule has 84 valence electrons. The molecular formula is C11H17ClN2O. The summed E-state index contributed by atoms with van der Waals surface area (Å²) in [6.07, 6.45) is 2.73. The summed E-state index contributed by atoms with van der Waals surface area (Å²) in [6, 6.07) is 5.07. The maximum absolute atomic E-state index is 9.69. The van der Waals surface area contributed by atoms with Crippen LogP contribution in [0.1, 0.15) is 30.9 Å². The number of para-hydroxylation sites is 1. The number of rotatable bonds is 5. The number of hydrogen-bond acceptors (Lipinski definition) is 3. The van der Waals surface area contributed by atoms with Crippen LogP contribution in [-0.2, 0) is 0 Å². The number of halogens is 1. The van der Waals surface area contributed by atoms with Crippen LogP contribution in [0.4, 0.5) is 0 Å². The van der Waals surface area contributed by atoms with Crippen LogP contribution in [-0.4, -0.2) is 11.7 Å². The number of benzene rings is 1. The Hall–Kier alpha value is -0.770. The van der Waals surface area contributed by atoms with Gasteiger partial charge in [0.25, 0.3) is 0 Å². The molecule has 0 saturated heterocycles. The first-order chi connectivity index (χ1) is 7.16. The lowest BCUT2D eigenvalue weighted by atomic mass is 10.0. The van der Waals surface area contributed by atoms with Gasteiger partial charge in [-0.2, -0.15) is 0 Å². The van der Waals surface area contributed by atoms with Crippen molar-refractivity contribution in [2.24, 2.45) is 11.5 Å². The lowest BCUT2D eigenvalue weighted by Crippen LogP contribution is -2.11. The van der Waals surface area contributed by atoms with Crippen molar-refractivity contribution >= 4 is 11.6 Å². The zero-order chi connectivity index (χ0) is 11.3. The average molecular weight is 229 g/mol. The largest absolute Gasteiger partial charge is 0.506 e. The normalized spacial score (nSPS) is 12.7. The zero-order valence-electron chi connectivity index (χ0n) is 8.62. The Kier molecular flexibility index (Phi) is 4.88. The van der Waals surface area contributed by atoms with Gasteiger partial charge in [-0.15, -0.1) is 0 Å². The quantitative estimate of drug-likeness (QED) is 0.677. The van der Waals surface area contributed by atoms with E-state index < -0.39 is 0 Å². The summed E-state index contributed by atoms with van der Waals surface area (Å²) in [5, 5.41) is 10.0. The van der Waals surface area contributed by atoms with Crippen LogP contribution in [0.2, 0.25) is 5.02 Å². The van der Waals surface area contributed by atoms with Crippen molar-refractivity contribution in [3.05, 3.63) is 28.8 Å². The van der Waals surface area contributed by atoms with E-state index in [4.69, 9.17) is 23.1 Å². The van der Waals surface area contributed by atoms with E-state index in [0.29, 0.717) is 17.1 Å². The highest BCUT2D eigenvalue weighted by Crippen LogP contribution is 2.32. The molecule has 0 amide bonds. The van der Waals surface area contributed by atoms with Gasteiger partial charge in [0.2, 0.25) is 0 Å². The van der Waals surface area contributed by atoms with Gasteiger partial charge in [-0.25, -0.2) is 0 Å². The molecule has 0 aromatic heterocycles. The summed E-state index contributed by atoms with van der Waals surface area (Å²) in [5.41, 5.74) is 12.1. The zero-order valence-corrected chi connectivity index (χ0v) is 9.37. The van der Waals surface area contributed by atoms with Crippen LogP contribution < -0.4 is 11.5 Å². The molecule has 0 fully saturated rings. The molecule has 5 N–H and O–H groups in total. The number of phenols is 1. The first-order valence-electron chi connectivity index (χ1n) is 5.10. The molecule has 4 heteroatoms. The molecule has 1 aromatic rings. The van der Waals surface area contributed by atoms with E-state index in [1.165, 1.54) is 0 Å². The van der Waals surface area contributed by atoms with E-state index in [2.05, 4.69) is 0 Å². The smallest absolute Gasteiger partial charge is 0.138 e. The minimum absolute atomic E-state index is 0.0967. The number of phenolic OH excluding ortho intramolecular Hbond substituents is 1. The first-order valence-corrected chi connectivity index (χ1v) is 5.47. The van der Waals surface area contributed by atoms with E-state index in [-0.39, 0.29) is 11.8 Å². The standard InChI is InChI=1S/C11H17ClN2O/c12-9-5-3-4-8(11(9)15)10(14)6-1-2-7-13/h3-5,10,15H,1-2,6-7,13-14H2/t10-/m0/s1. The van der Waals surface area contributed by atoms with Gasteiger partial charge in [-0.3, -0.25) is 0 Å². The fourth-order valence-electron chi connectivity index (χ4n) is 1.50. The number of hydrogen-bond donors (Lipinski definition) is 3. The number of aromatic hydroxyl groups is 1. The molecule has 3 nitrogen and oxygen atoms in total. The lowest BCUT2D eigenvalue weighted by Gasteiger charge is -2.13. The highest BCUT2D eigenvalue weighted by molar-refractivity contribution is 6.32. The topological polar surface area (TPSA) is 72.3 Å². The molecule has 0 spiro atoms. The van der Waals surface area contributed by atoms with Crippen molar-refractivity contribution in [3.8, 4) is 5.75 Å². The van der Waals surface area contributed by atoms with Crippen molar-refractivity contribution in [1.82, 2.24) is 0 Å². The van der Waals surface area contributed by atoms with Crippen molar-refractivity contribution in [2.45, 2.75) is 25.3 Å². The molecule has 0 radical (unpaired) electrons. The third kappa shape index (κ3) is 3.38. The van der Waals surface area contributed by atoms with E-state index in [1.54, 1.807) is 18.2 Å². The van der Waals surface area contributed by atoms with Crippen LogP contribution in [0, 0.1) is 0 Å². The Morgan fingerprint density at radius 1 is 1.33 bits per heavy atom. The fraction of sp³-hybridized carbons (Fsp3) is 0.455. The molecule has 0 aliphatic carbocycles. The van der Waals surface area contributed by atoms with E-state index >= 15 is 0 Å². The Labute approximate surface area is 95.0 Å². The van der Waals surface area contributed by atoms with Crippen molar-refractivity contribution in [1.29, 1.82) is 0 Å². The molecular weight excluding hydrogens is 212 g/mol. The van der Waals surface area contributed by atoms with Crippen LogP contribution in [0.5, 0.6) is 5.75 Å². The monoisotopic (exact) mass is 228 g/mol. The second-order valence-electron chi connectivity index (χ2n) is 3.57. The second-order valence-corrected chi connectivity index (χ2v) is 3.98. The van der Waals surface area contributed by atoms with E-state index in [9.17, 15) is 5.11 Å². The Bertz CT molecular complexity index is 317. The second kappa shape index (κ2) is 5.95. The molecule has 1 rings (SSSR count). The summed E-state index contributed by atoms with van der Waals surface area (Å²) in [6.45, 7) is 0.675. The third-order valence-electron chi connectivity index (χ3n) is 2.39. The predicted molar refractivity (Wildman–Crippen MR) is 63.0 cm³/mol. The van der Waals surface area contributed by atoms with E-state index in [0.717, 1.165) is 19.3 Å². The van der Waals surface area contributed by atoms with Crippen LogP contribution >= 0.6 is 11.6 Å². The molecule has 0 saturated carbocycles. The van der Waals surface area contributed by atoms with Gasteiger partial charge < -0.3 is 16.6 Å². The van der Waals surface area contributed by atoms with Crippen molar-refractivity contribution in [2.75, 3.05) is 6.54 Å². The summed E-state index contributed by atoms with van der Waals surface area (Å²) >= 11 is 5.79. The Morgan fingerprint density at radius 2 is 2.07 bits per heavy atom. The highest BCUT2D eigenvalue weighted by Gasteiger charge is 2.12. The predicted octanol–water partition coefficient (Wildman–Crippen LogP) is 2.17. The van der Waals surface area contributed by atoms with Crippen LogP contribution in [0.15, 0.2) is 18.2 Å². The minimum Gasteiger partial charge on any atom is -0.506 e. The van der Waals surface area contributed by atoms with Gasteiger partial charge in [-0.05, 0) is 25.5 Å². The number of unbranched alkanes of at least 4 members (excludes halogenated alkanes) is 1. The highest BCUT2D eigenvalue weighted by atomic mass is 35.5. The summed E-state index contributed by atoms with van der Waals surface area (Å²) in [5.74, 6) is 0.0967. The SMILES string of the molecule is NCCCC[C@H](N)c1cccc(Cl)c1O. The Morgan fingerprint density at radius 3 is 2.73 bits per heavy atom. The molecule has 0 heterocycles. The van der Waals surface area contributed by atoms with Gasteiger partial charge in [0.1, 0.15) is 5.75 Å². The van der Waals surface area contributed by atoms with Crippen LogP contribution in [0.3, 0.4) is 0 Å². The molecule has 1 atom stereocenters. The minimum atomic E-state index is -0.171. The molecule has 0 aliphatic heterocycles. The molecule has 0 bridgehead atoms. The van der Waals surface area contributed by atoms with Crippen LogP contribution in [0.25, 0.3) is 0 Å². The van der Waals surface area contributed by atoms with Gasteiger partial charge >= 0.3 is 0 Å². The molecule has 0 aliphatic rings. The van der Waals surface area contributed by atoms with Crippen molar-refractivity contribution < 1.29 is 5.11 Å². The van der Waals surface area contributed by atoms with Gasteiger partial charge in [0, 0.05) is 11.6 Å². The lowest BCUT2D eigenvalue weighted by molar-refractivity contribution is 0.456. The maximum Gasteiger partial charge on any atom is 0.138 e. The average Bonchev–Trinajstić information content (AvgIpc) is 2.22. The van der Waals surface area contributed by atoms with Gasteiger partial charge in [0.05, 0.1) is 5.02 Å². The van der Waals surface area contributed by atoms with Crippen molar-refractivity contribution in [3.63, 3.8) is 0 Å². The van der Waals surface area contributed by atoms with Gasteiger partial charge in [0.15, 0.2) is 0 Å². The Balaban J connectivity index is 2.65. The molecule has 15 heavy (non-hydrogen) atoms.